The molecule has 0 unspecified atom stereocenters. The molecule has 0 saturated carbocycles. The Morgan fingerprint density at radius 2 is 2.25 bits per heavy atom. The van der Waals surface area contributed by atoms with Crippen molar-refractivity contribution in [3.8, 4) is 12.3 Å². The molecule has 0 aliphatic carbocycles. The molecule has 106 valence electrons. The van der Waals surface area contributed by atoms with Crippen LogP contribution in [0.25, 0.3) is 0 Å². The second-order valence-corrected chi connectivity index (χ2v) is 5.77. The van der Waals surface area contributed by atoms with Gasteiger partial charge in [0.2, 0.25) is 0 Å². The summed E-state index contributed by atoms with van der Waals surface area (Å²) in [6.45, 7) is 1.79. The van der Waals surface area contributed by atoms with Crippen LogP contribution >= 0.6 is 27.7 Å². The number of hydrogen-bond acceptors (Lipinski definition) is 4. The number of ether oxygens (including phenoxy) is 1. The van der Waals surface area contributed by atoms with Gasteiger partial charge in [-0.15, -0.1) is 18.2 Å². The van der Waals surface area contributed by atoms with E-state index in [1.165, 1.54) is 11.8 Å². The van der Waals surface area contributed by atoms with E-state index in [-0.39, 0.29) is 18.9 Å². The molecular formula is C14H14BrNO3S. The van der Waals surface area contributed by atoms with Crippen LogP contribution in [0, 0.1) is 19.3 Å². The summed E-state index contributed by atoms with van der Waals surface area (Å²) < 4.78 is 5.83. The van der Waals surface area contributed by atoms with Gasteiger partial charge >= 0.3 is 5.97 Å². The Labute approximate surface area is 130 Å². The first-order valence-corrected chi connectivity index (χ1v) is 7.55. The topological polar surface area (TPSA) is 55.4 Å². The lowest BCUT2D eigenvalue weighted by molar-refractivity contribution is -0.145. The summed E-state index contributed by atoms with van der Waals surface area (Å²) in [5.41, 5.74) is 1.07. The highest BCUT2D eigenvalue weighted by Gasteiger charge is 2.09. The molecule has 1 rings (SSSR count). The summed E-state index contributed by atoms with van der Waals surface area (Å²) in [6.07, 6.45) is 4.99. The van der Waals surface area contributed by atoms with E-state index in [2.05, 4.69) is 27.2 Å². The molecule has 1 N–H and O–H groups in total. The lowest BCUT2D eigenvalue weighted by atomic mass is 10.2. The van der Waals surface area contributed by atoms with Crippen LogP contribution in [-0.4, -0.2) is 30.8 Å². The number of terminal acetylenes is 1. The Hall–Kier alpha value is -1.45. The van der Waals surface area contributed by atoms with Gasteiger partial charge < -0.3 is 10.1 Å². The van der Waals surface area contributed by atoms with Crippen LogP contribution in [0.5, 0.6) is 0 Å². The number of rotatable bonds is 6. The Bertz CT molecular complexity index is 540. The average molecular weight is 356 g/mol. The smallest absolute Gasteiger partial charge is 0.316 e. The van der Waals surface area contributed by atoms with Crippen molar-refractivity contribution in [2.75, 3.05) is 18.9 Å². The van der Waals surface area contributed by atoms with Crippen LogP contribution in [-0.2, 0) is 14.3 Å². The molecule has 0 aromatic heterocycles. The number of carbonyl (C=O) groups is 2. The van der Waals surface area contributed by atoms with Gasteiger partial charge in [0.15, 0.2) is 6.61 Å². The molecule has 0 spiro atoms. The van der Waals surface area contributed by atoms with Crippen LogP contribution in [0.4, 0.5) is 0 Å². The molecule has 1 amide bonds. The normalized spacial score (nSPS) is 9.65. The van der Waals surface area contributed by atoms with Gasteiger partial charge in [-0.3, -0.25) is 9.59 Å². The van der Waals surface area contributed by atoms with Crippen LogP contribution in [0.3, 0.4) is 0 Å². The SMILES string of the molecule is C#CCNC(=O)COC(=O)CSc1ccc(Br)cc1C. The van der Waals surface area contributed by atoms with Crippen molar-refractivity contribution in [3.63, 3.8) is 0 Å². The third-order valence-corrected chi connectivity index (χ3v) is 3.88. The zero-order valence-electron chi connectivity index (χ0n) is 10.9. The van der Waals surface area contributed by atoms with Crippen LogP contribution < -0.4 is 5.32 Å². The highest BCUT2D eigenvalue weighted by molar-refractivity contribution is 9.10. The van der Waals surface area contributed by atoms with Gasteiger partial charge in [0.25, 0.3) is 5.91 Å². The predicted octanol–water partition coefficient (Wildman–Crippen LogP) is 2.14. The first-order valence-electron chi connectivity index (χ1n) is 5.77. The van der Waals surface area contributed by atoms with Crippen molar-refractivity contribution in [1.82, 2.24) is 5.32 Å². The van der Waals surface area contributed by atoms with E-state index in [4.69, 9.17) is 11.2 Å². The maximum absolute atomic E-state index is 11.5. The Morgan fingerprint density at radius 1 is 1.50 bits per heavy atom. The second kappa shape index (κ2) is 8.67. The van der Waals surface area contributed by atoms with E-state index < -0.39 is 11.9 Å². The second-order valence-electron chi connectivity index (χ2n) is 3.84. The number of amides is 1. The van der Waals surface area contributed by atoms with Gasteiger partial charge in [-0.2, -0.15) is 0 Å². The van der Waals surface area contributed by atoms with Gasteiger partial charge in [0, 0.05) is 9.37 Å². The number of carbonyl (C=O) groups excluding carboxylic acids is 2. The minimum atomic E-state index is -0.437. The van der Waals surface area contributed by atoms with Gasteiger partial charge in [-0.25, -0.2) is 0 Å². The van der Waals surface area contributed by atoms with Gasteiger partial charge in [0.05, 0.1) is 12.3 Å². The molecule has 0 fully saturated rings. The quantitative estimate of drug-likeness (QED) is 0.482. The number of hydrogen-bond donors (Lipinski definition) is 1. The molecule has 1 aromatic carbocycles. The van der Waals surface area contributed by atoms with E-state index in [9.17, 15) is 9.59 Å². The molecule has 0 aliphatic rings. The maximum atomic E-state index is 11.5. The summed E-state index contributed by atoms with van der Waals surface area (Å²) in [6, 6.07) is 5.81. The third kappa shape index (κ3) is 6.13. The molecule has 0 heterocycles. The largest absolute Gasteiger partial charge is 0.455 e. The highest BCUT2D eigenvalue weighted by atomic mass is 79.9. The monoisotopic (exact) mass is 355 g/mol. The molecule has 20 heavy (non-hydrogen) atoms. The molecule has 0 aliphatic heterocycles. The summed E-state index contributed by atoms with van der Waals surface area (Å²) in [7, 11) is 0. The Kier molecular flexibility index (Phi) is 7.20. The summed E-state index contributed by atoms with van der Waals surface area (Å²) in [4.78, 5) is 23.7. The van der Waals surface area contributed by atoms with Crippen molar-refractivity contribution >= 4 is 39.6 Å². The summed E-state index contributed by atoms with van der Waals surface area (Å²) in [5, 5.41) is 2.41. The maximum Gasteiger partial charge on any atom is 0.316 e. The first kappa shape index (κ1) is 16.6. The van der Waals surface area contributed by atoms with Crippen LogP contribution in [0.15, 0.2) is 27.6 Å². The Morgan fingerprint density at radius 3 is 2.90 bits per heavy atom. The minimum Gasteiger partial charge on any atom is -0.455 e. The molecule has 1 aromatic rings. The molecule has 0 atom stereocenters. The minimum absolute atomic E-state index is 0.128. The number of halogens is 1. The fourth-order valence-electron chi connectivity index (χ4n) is 1.30. The lowest BCUT2D eigenvalue weighted by Gasteiger charge is -2.07. The summed E-state index contributed by atoms with van der Waals surface area (Å²) >= 11 is 4.75. The van der Waals surface area contributed by atoms with Crippen LogP contribution in [0.2, 0.25) is 0 Å². The van der Waals surface area contributed by atoms with E-state index >= 15 is 0 Å². The van der Waals surface area contributed by atoms with Crippen molar-refractivity contribution < 1.29 is 14.3 Å². The van der Waals surface area contributed by atoms with E-state index in [1.54, 1.807) is 0 Å². The van der Waals surface area contributed by atoms with Gasteiger partial charge in [-0.05, 0) is 30.7 Å². The number of esters is 1. The van der Waals surface area contributed by atoms with Crippen molar-refractivity contribution in [1.29, 1.82) is 0 Å². The molecular weight excluding hydrogens is 342 g/mol. The van der Waals surface area contributed by atoms with Crippen LogP contribution in [0.1, 0.15) is 5.56 Å². The fraction of sp³-hybridized carbons (Fsp3) is 0.286. The molecule has 4 nitrogen and oxygen atoms in total. The Balaban J connectivity index is 2.33. The zero-order chi connectivity index (χ0) is 15.0. The molecule has 0 radical (unpaired) electrons. The zero-order valence-corrected chi connectivity index (χ0v) is 13.3. The number of benzene rings is 1. The van der Waals surface area contributed by atoms with E-state index in [0.717, 1.165) is 14.9 Å². The van der Waals surface area contributed by atoms with Crippen molar-refractivity contribution in [2.45, 2.75) is 11.8 Å². The average Bonchev–Trinajstić information content (AvgIpc) is 2.41. The van der Waals surface area contributed by atoms with Crippen molar-refractivity contribution in [3.05, 3.63) is 28.2 Å². The van der Waals surface area contributed by atoms with Crippen molar-refractivity contribution in [2.24, 2.45) is 0 Å². The molecule has 6 heteroatoms. The standard InChI is InChI=1S/C14H14BrNO3S/c1-3-6-16-13(17)8-19-14(18)9-20-12-5-4-11(15)7-10(12)2/h1,4-5,7H,6,8-9H2,2H3,(H,16,17). The highest BCUT2D eigenvalue weighted by Crippen LogP contribution is 2.25. The first-order chi connectivity index (χ1) is 9.52. The number of aryl methyl sites for hydroxylation is 1. The fourth-order valence-corrected chi connectivity index (χ4v) is 2.58. The summed E-state index contributed by atoms with van der Waals surface area (Å²) in [5.74, 6) is 1.58. The number of nitrogens with one attached hydrogen (secondary N) is 1. The third-order valence-electron chi connectivity index (χ3n) is 2.23. The number of thioether (sulfide) groups is 1. The van der Waals surface area contributed by atoms with E-state index in [1.807, 2.05) is 25.1 Å². The predicted molar refractivity (Wildman–Crippen MR) is 82.4 cm³/mol. The van der Waals surface area contributed by atoms with Gasteiger partial charge in [0.1, 0.15) is 0 Å². The molecule has 0 saturated heterocycles. The van der Waals surface area contributed by atoms with E-state index in [0.29, 0.717) is 0 Å². The van der Waals surface area contributed by atoms with Gasteiger partial charge in [-0.1, -0.05) is 21.9 Å². The molecule has 0 bridgehead atoms. The lowest BCUT2D eigenvalue weighted by Crippen LogP contribution is -2.29.